The predicted molar refractivity (Wildman–Crippen MR) is 113 cm³/mol. The second-order valence-electron chi connectivity index (χ2n) is 8.55. The number of phenolic OH excluding ortho intramolecular Hbond substituents is 1. The Balaban J connectivity index is 1.92. The van der Waals surface area contributed by atoms with E-state index in [9.17, 15) is 5.11 Å². The normalized spacial score (nSPS) is 20.8. The van der Waals surface area contributed by atoms with E-state index in [1.807, 2.05) is 17.8 Å². The maximum absolute atomic E-state index is 10.9. The molecule has 0 aliphatic carbocycles. The van der Waals surface area contributed by atoms with Crippen LogP contribution in [0.25, 0.3) is 5.57 Å². The number of allylic oxidation sites excluding steroid dienone is 1. The number of benzene rings is 1. The van der Waals surface area contributed by atoms with Gasteiger partial charge in [-0.1, -0.05) is 46.5 Å². The highest BCUT2D eigenvalue weighted by Gasteiger charge is 2.38. The van der Waals surface area contributed by atoms with Gasteiger partial charge in [0.1, 0.15) is 17.1 Å². The van der Waals surface area contributed by atoms with Crippen molar-refractivity contribution in [3.8, 4) is 11.5 Å². The molecule has 3 rings (SSSR count). The maximum atomic E-state index is 10.9. The Bertz CT molecular complexity index is 690. The van der Waals surface area contributed by atoms with Crippen LogP contribution in [0.5, 0.6) is 11.5 Å². The lowest BCUT2D eigenvalue weighted by molar-refractivity contribution is 0.152. The van der Waals surface area contributed by atoms with Crippen molar-refractivity contribution in [2.75, 3.05) is 5.75 Å². The molecule has 0 saturated heterocycles. The van der Waals surface area contributed by atoms with Crippen LogP contribution in [0.3, 0.4) is 0 Å². The van der Waals surface area contributed by atoms with Gasteiger partial charge in [0.2, 0.25) is 0 Å². The molecule has 0 aromatic heterocycles. The molecule has 0 spiro atoms. The summed E-state index contributed by atoms with van der Waals surface area (Å²) in [7, 11) is 0. The van der Waals surface area contributed by atoms with Crippen LogP contribution in [0.2, 0.25) is 0 Å². The Hall–Kier alpha value is -1.09. The Labute approximate surface area is 163 Å². The third-order valence-electron chi connectivity index (χ3n) is 6.05. The zero-order valence-corrected chi connectivity index (χ0v) is 17.8. The fourth-order valence-electron chi connectivity index (χ4n) is 4.28. The first kappa shape index (κ1) is 19.7. The summed E-state index contributed by atoms with van der Waals surface area (Å²) in [6.07, 6.45) is 7.31. The number of aromatic hydroxyl groups is 1. The lowest BCUT2D eigenvalue weighted by Gasteiger charge is -2.39. The molecule has 1 N–H and O–H groups in total. The molecule has 0 unspecified atom stereocenters. The molecule has 144 valence electrons. The second-order valence-corrected chi connectivity index (χ2v) is 9.65. The number of ether oxygens (including phenoxy) is 1. The Kier molecular flexibility index (Phi) is 5.96. The van der Waals surface area contributed by atoms with Crippen molar-refractivity contribution in [2.45, 2.75) is 84.7 Å². The van der Waals surface area contributed by atoms with Crippen LogP contribution in [0.15, 0.2) is 17.0 Å². The van der Waals surface area contributed by atoms with Gasteiger partial charge in [0, 0.05) is 4.91 Å². The Morgan fingerprint density at radius 3 is 2.73 bits per heavy atom. The van der Waals surface area contributed by atoms with Crippen molar-refractivity contribution in [2.24, 2.45) is 5.92 Å². The highest BCUT2D eigenvalue weighted by Crippen LogP contribution is 2.53. The molecule has 2 nitrogen and oxygen atoms in total. The molecule has 1 aromatic carbocycles. The van der Waals surface area contributed by atoms with Gasteiger partial charge in [-0.2, -0.15) is 0 Å². The van der Waals surface area contributed by atoms with Gasteiger partial charge in [0.25, 0.3) is 0 Å². The van der Waals surface area contributed by atoms with Gasteiger partial charge in [-0.25, -0.2) is 0 Å². The average molecular weight is 375 g/mol. The van der Waals surface area contributed by atoms with Crippen LogP contribution >= 0.6 is 11.8 Å². The van der Waals surface area contributed by atoms with E-state index in [1.165, 1.54) is 48.1 Å². The van der Waals surface area contributed by atoms with Crippen molar-refractivity contribution < 1.29 is 9.84 Å². The second kappa shape index (κ2) is 7.88. The fourth-order valence-corrected chi connectivity index (χ4v) is 5.54. The largest absolute Gasteiger partial charge is 0.507 e. The summed E-state index contributed by atoms with van der Waals surface area (Å²) in [5.41, 5.74) is 3.16. The van der Waals surface area contributed by atoms with Crippen LogP contribution in [0.4, 0.5) is 0 Å². The van der Waals surface area contributed by atoms with Crippen molar-refractivity contribution in [3.63, 3.8) is 0 Å². The molecule has 2 heterocycles. The average Bonchev–Trinajstić information content (AvgIpc) is 2.60. The number of unbranched alkanes of at least 4 members (excludes halogenated alkanes) is 2. The first-order valence-corrected chi connectivity index (χ1v) is 11.3. The van der Waals surface area contributed by atoms with E-state index in [0.29, 0.717) is 17.6 Å². The molecule has 0 saturated carbocycles. The van der Waals surface area contributed by atoms with Gasteiger partial charge in [0.15, 0.2) is 0 Å². The monoisotopic (exact) mass is 374 g/mol. The summed E-state index contributed by atoms with van der Waals surface area (Å²) in [5, 5.41) is 10.9. The first-order chi connectivity index (χ1) is 12.3. The molecular formula is C23H34O2S. The fraction of sp³-hybridized carbons (Fsp3) is 0.652. The smallest absolute Gasteiger partial charge is 0.134 e. The molecule has 2 aliphatic rings. The molecule has 0 bridgehead atoms. The molecule has 1 aromatic rings. The lowest BCUT2D eigenvalue weighted by Crippen LogP contribution is -2.34. The molecule has 2 atom stereocenters. The summed E-state index contributed by atoms with van der Waals surface area (Å²) in [5.74, 6) is 3.45. The third-order valence-corrected chi connectivity index (χ3v) is 7.57. The van der Waals surface area contributed by atoms with Crippen LogP contribution < -0.4 is 4.74 Å². The van der Waals surface area contributed by atoms with Gasteiger partial charge >= 0.3 is 0 Å². The highest BCUT2D eigenvalue weighted by atomic mass is 32.2. The summed E-state index contributed by atoms with van der Waals surface area (Å²) < 4.78 is 6.40. The maximum Gasteiger partial charge on any atom is 0.134 e. The quantitative estimate of drug-likeness (QED) is 0.537. The summed E-state index contributed by atoms with van der Waals surface area (Å²) >= 11 is 1.90. The van der Waals surface area contributed by atoms with E-state index < -0.39 is 0 Å². The molecular weight excluding hydrogens is 340 g/mol. The predicted octanol–water partition coefficient (Wildman–Crippen LogP) is 7.12. The number of rotatable bonds is 6. The van der Waals surface area contributed by atoms with Crippen LogP contribution in [0.1, 0.15) is 90.2 Å². The molecule has 0 fully saturated rings. The molecule has 0 amide bonds. The Morgan fingerprint density at radius 1 is 1.23 bits per heavy atom. The number of hydrogen-bond acceptors (Lipinski definition) is 3. The van der Waals surface area contributed by atoms with Gasteiger partial charge in [-0.3, -0.25) is 0 Å². The van der Waals surface area contributed by atoms with E-state index in [-0.39, 0.29) is 5.60 Å². The van der Waals surface area contributed by atoms with E-state index in [1.54, 1.807) is 0 Å². The van der Waals surface area contributed by atoms with Crippen LogP contribution in [-0.2, 0) is 0 Å². The van der Waals surface area contributed by atoms with Gasteiger partial charge in [-0.05, 0) is 67.5 Å². The van der Waals surface area contributed by atoms with E-state index in [2.05, 4.69) is 40.7 Å². The Morgan fingerprint density at radius 2 is 2.00 bits per heavy atom. The van der Waals surface area contributed by atoms with Gasteiger partial charge < -0.3 is 9.84 Å². The topological polar surface area (TPSA) is 29.5 Å². The van der Waals surface area contributed by atoms with E-state index >= 15 is 0 Å². The van der Waals surface area contributed by atoms with Crippen molar-refractivity contribution in [3.05, 3.63) is 28.2 Å². The van der Waals surface area contributed by atoms with Crippen molar-refractivity contribution in [1.82, 2.24) is 0 Å². The van der Waals surface area contributed by atoms with Crippen LogP contribution in [0, 0.1) is 5.92 Å². The van der Waals surface area contributed by atoms with Crippen LogP contribution in [-0.4, -0.2) is 16.5 Å². The van der Waals surface area contributed by atoms with E-state index in [4.69, 9.17) is 4.74 Å². The third kappa shape index (κ3) is 3.78. The van der Waals surface area contributed by atoms with E-state index in [0.717, 1.165) is 23.5 Å². The minimum absolute atomic E-state index is 0.297. The number of thioether (sulfide) groups is 1. The lowest BCUT2D eigenvalue weighted by atomic mass is 9.83. The first-order valence-electron chi connectivity index (χ1n) is 10.3. The van der Waals surface area contributed by atoms with Crippen molar-refractivity contribution in [1.29, 1.82) is 0 Å². The molecule has 26 heavy (non-hydrogen) atoms. The minimum Gasteiger partial charge on any atom is -0.507 e. The number of phenols is 1. The molecule has 2 aliphatic heterocycles. The number of fused-ring (bicyclic) bond motifs is 2. The minimum atomic E-state index is -0.297. The number of hydrogen-bond donors (Lipinski definition) is 1. The summed E-state index contributed by atoms with van der Waals surface area (Å²) in [6, 6.07) is 4.19. The molecule has 3 heteroatoms. The highest BCUT2D eigenvalue weighted by molar-refractivity contribution is 8.03. The van der Waals surface area contributed by atoms with Gasteiger partial charge in [0.05, 0.1) is 5.56 Å². The summed E-state index contributed by atoms with van der Waals surface area (Å²) in [6.45, 7) is 11.2. The van der Waals surface area contributed by atoms with Crippen molar-refractivity contribution >= 4 is 17.3 Å². The summed E-state index contributed by atoms with van der Waals surface area (Å²) in [4.78, 5) is 1.31. The molecule has 0 radical (unpaired) electrons. The zero-order valence-electron chi connectivity index (χ0n) is 17.0. The zero-order chi connectivity index (χ0) is 18.9. The van der Waals surface area contributed by atoms with Gasteiger partial charge in [-0.15, -0.1) is 11.8 Å². The standard InChI is InChI=1S/C23H34O2S/c1-6-7-8-10-15(2)16(3)17-13-19(24)21-18-11-9-12-26-22(18)23(4,5)25-20(21)14-17/h13-16,24H,6-12H2,1-5H3/t15-,16+/m1/s1. The SMILES string of the molecule is CCCCC[C@@H](C)[C@H](C)c1cc(O)c2c(c1)OC(C)(C)C1=C2CCCS1.